The number of nitrogens with two attached hydrogens (primary N) is 1. The number of ether oxygens (including phenoxy) is 2. The lowest BCUT2D eigenvalue weighted by Gasteiger charge is -2.24. The lowest BCUT2D eigenvalue weighted by Crippen LogP contribution is -2.38. The first kappa shape index (κ1) is 18.4. The molecule has 1 amide bonds. The zero-order chi connectivity index (χ0) is 18.2. The molecule has 1 fully saturated rings. The largest absolute Gasteiger partial charge is 0.494 e. The Kier molecular flexibility index (Phi) is 6.62. The van der Waals surface area contributed by atoms with E-state index in [0.29, 0.717) is 45.0 Å². The third-order valence-electron chi connectivity index (χ3n) is 4.31. The Morgan fingerprint density at radius 2 is 2.19 bits per heavy atom. The van der Waals surface area contributed by atoms with E-state index in [1.54, 1.807) is 6.20 Å². The van der Waals surface area contributed by atoms with Gasteiger partial charge in [0.15, 0.2) is 0 Å². The highest BCUT2D eigenvalue weighted by atomic mass is 16.5. The fraction of sp³-hybridized carbons (Fsp3) is 0.474. The molecule has 0 bridgehead atoms. The molecule has 0 spiro atoms. The minimum absolute atomic E-state index is 0.0227. The monoisotopic (exact) mass is 358 g/mol. The van der Waals surface area contributed by atoms with Gasteiger partial charge in [0.25, 0.3) is 5.91 Å². The first-order valence-corrected chi connectivity index (χ1v) is 9.07. The summed E-state index contributed by atoms with van der Waals surface area (Å²) in [6.07, 6.45) is 5.24. The van der Waals surface area contributed by atoms with Crippen LogP contribution in [0, 0.1) is 0 Å². The summed E-state index contributed by atoms with van der Waals surface area (Å²) in [5.74, 6) is 0.778. The minimum Gasteiger partial charge on any atom is -0.494 e. The molecule has 1 aliphatic heterocycles. The molecule has 0 unspecified atom stereocenters. The van der Waals surface area contributed by atoms with E-state index in [0.717, 1.165) is 18.6 Å². The molecule has 1 aromatic heterocycles. The number of amides is 1. The first-order chi connectivity index (χ1) is 12.8. The fourth-order valence-electron chi connectivity index (χ4n) is 2.96. The molecule has 2 aromatic rings. The number of hydrogen-bond acceptors (Lipinski definition) is 5. The van der Waals surface area contributed by atoms with Crippen LogP contribution in [0.25, 0.3) is 0 Å². The molecule has 1 aromatic carbocycles. The zero-order valence-corrected chi connectivity index (χ0v) is 14.9. The molecular formula is C19H26N4O3. The van der Waals surface area contributed by atoms with E-state index in [-0.39, 0.29) is 12.0 Å². The SMILES string of the molecule is NCCCOc1ccc(C(=O)N2CCCO[C@H](Cn3cccn3)C2)cc1. The van der Waals surface area contributed by atoms with Gasteiger partial charge in [-0.2, -0.15) is 5.10 Å². The van der Waals surface area contributed by atoms with Gasteiger partial charge in [-0.3, -0.25) is 9.48 Å². The molecule has 0 radical (unpaired) electrons. The quantitative estimate of drug-likeness (QED) is 0.759. The van der Waals surface area contributed by atoms with Crippen molar-refractivity contribution in [2.24, 2.45) is 5.73 Å². The minimum atomic E-state index is -0.0554. The number of carbonyl (C=O) groups is 1. The van der Waals surface area contributed by atoms with Crippen LogP contribution in [-0.2, 0) is 11.3 Å². The van der Waals surface area contributed by atoms with Gasteiger partial charge in [-0.05, 0) is 49.7 Å². The fourth-order valence-corrected chi connectivity index (χ4v) is 2.96. The number of hydrogen-bond donors (Lipinski definition) is 1. The Labute approximate surface area is 153 Å². The predicted octanol–water partition coefficient (Wildman–Crippen LogP) is 1.54. The number of carbonyl (C=O) groups excluding carboxylic acids is 1. The summed E-state index contributed by atoms with van der Waals surface area (Å²) in [4.78, 5) is 14.7. The topological polar surface area (TPSA) is 82.6 Å². The van der Waals surface area contributed by atoms with Crippen molar-refractivity contribution in [3.63, 3.8) is 0 Å². The molecule has 1 saturated heterocycles. The second-order valence-electron chi connectivity index (χ2n) is 6.34. The standard InChI is InChI=1S/C19H26N4O3/c20-8-1-12-25-17-6-4-16(5-7-17)19(24)22-10-3-13-26-18(14-22)15-23-11-2-9-21-23/h2,4-7,9,11,18H,1,3,8,10,12-15,20H2/t18-/m0/s1. The third-order valence-corrected chi connectivity index (χ3v) is 4.31. The number of rotatable bonds is 7. The van der Waals surface area contributed by atoms with Crippen molar-refractivity contribution in [2.45, 2.75) is 25.5 Å². The van der Waals surface area contributed by atoms with Gasteiger partial charge in [0.05, 0.1) is 19.3 Å². The molecule has 1 aliphatic rings. The normalized spacial score (nSPS) is 17.7. The Morgan fingerprint density at radius 1 is 1.35 bits per heavy atom. The maximum atomic E-state index is 12.9. The van der Waals surface area contributed by atoms with E-state index in [9.17, 15) is 4.79 Å². The second kappa shape index (κ2) is 9.35. The predicted molar refractivity (Wildman–Crippen MR) is 98.1 cm³/mol. The highest BCUT2D eigenvalue weighted by Crippen LogP contribution is 2.16. The summed E-state index contributed by atoms with van der Waals surface area (Å²) in [6, 6.07) is 9.18. The van der Waals surface area contributed by atoms with E-state index >= 15 is 0 Å². The van der Waals surface area contributed by atoms with Crippen LogP contribution >= 0.6 is 0 Å². The molecule has 1 atom stereocenters. The Morgan fingerprint density at radius 3 is 2.92 bits per heavy atom. The molecule has 7 heteroatoms. The molecule has 26 heavy (non-hydrogen) atoms. The van der Waals surface area contributed by atoms with Crippen molar-refractivity contribution in [3.8, 4) is 5.75 Å². The average Bonchev–Trinajstić information content (AvgIpc) is 3.06. The Hall–Kier alpha value is -2.38. The summed E-state index contributed by atoms with van der Waals surface area (Å²) in [7, 11) is 0. The summed E-state index contributed by atoms with van der Waals surface area (Å²) in [5, 5.41) is 4.22. The Bertz CT molecular complexity index is 673. The summed E-state index contributed by atoms with van der Waals surface area (Å²) in [5.41, 5.74) is 6.12. The zero-order valence-electron chi connectivity index (χ0n) is 14.9. The van der Waals surface area contributed by atoms with Crippen LogP contribution < -0.4 is 10.5 Å². The summed E-state index contributed by atoms with van der Waals surface area (Å²) >= 11 is 0. The van der Waals surface area contributed by atoms with Crippen LogP contribution in [0.15, 0.2) is 42.7 Å². The van der Waals surface area contributed by atoms with Crippen LogP contribution in [0.4, 0.5) is 0 Å². The van der Waals surface area contributed by atoms with E-state index in [1.807, 2.05) is 46.1 Å². The molecule has 2 heterocycles. The van der Waals surface area contributed by atoms with Crippen molar-refractivity contribution in [2.75, 3.05) is 32.8 Å². The van der Waals surface area contributed by atoms with E-state index < -0.39 is 0 Å². The van der Waals surface area contributed by atoms with Crippen LogP contribution in [0.1, 0.15) is 23.2 Å². The van der Waals surface area contributed by atoms with Gasteiger partial charge in [0.1, 0.15) is 5.75 Å². The van der Waals surface area contributed by atoms with Crippen LogP contribution in [0.3, 0.4) is 0 Å². The van der Waals surface area contributed by atoms with Gasteiger partial charge in [-0.25, -0.2) is 0 Å². The third kappa shape index (κ3) is 5.06. The first-order valence-electron chi connectivity index (χ1n) is 9.07. The maximum Gasteiger partial charge on any atom is 0.253 e. The number of benzene rings is 1. The second-order valence-corrected chi connectivity index (χ2v) is 6.34. The number of nitrogens with zero attached hydrogens (tertiary/aromatic N) is 3. The lowest BCUT2D eigenvalue weighted by atomic mass is 10.1. The molecule has 0 saturated carbocycles. The van der Waals surface area contributed by atoms with Gasteiger partial charge in [0.2, 0.25) is 0 Å². The smallest absolute Gasteiger partial charge is 0.253 e. The van der Waals surface area contributed by atoms with Gasteiger partial charge in [0, 0.05) is 37.7 Å². The molecule has 7 nitrogen and oxygen atoms in total. The van der Waals surface area contributed by atoms with Crippen LogP contribution in [0.2, 0.25) is 0 Å². The Balaban J connectivity index is 1.60. The maximum absolute atomic E-state index is 12.9. The van der Waals surface area contributed by atoms with Gasteiger partial charge < -0.3 is 20.1 Å². The lowest BCUT2D eigenvalue weighted by molar-refractivity contribution is 0.0367. The molecule has 2 N–H and O–H groups in total. The van der Waals surface area contributed by atoms with Crippen molar-refractivity contribution >= 4 is 5.91 Å². The van der Waals surface area contributed by atoms with E-state index in [1.165, 1.54) is 0 Å². The van der Waals surface area contributed by atoms with Crippen molar-refractivity contribution < 1.29 is 14.3 Å². The van der Waals surface area contributed by atoms with Crippen molar-refractivity contribution in [1.82, 2.24) is 14.7 Å². The molecule has 3 rings (SSSR count). The van der Waals surface area contributed by atoms with E-state index in [4.69, 9.17) is 15.2 Å². The molecule has 140 valence electrons. The van der Waals surface area contributed by atoms with E-state index in [2.05, 4.69) is 5.10 Å². The number of aromatic nitrogens is 2. The highest BCUT2D eigenvalue weighted by molar-refractivity contribution is 5.94. The van der Waals surface area contributed by atoms with Crippen LogP contribution in [-0.4, -0.2) is 59.5 Å². The van der Waals surface area contributed by atoms with Gasteiger partial charge >= 0.3 is 0 Å². The van der Waals surface area contributed by atoms with Gasteiger partial charge in [-0.15, -0.1) is 0 Å². The summed E-state index contributed by atoms with van der Waals surface area (Å²) < 4.78 is 13.3. The van der Waals surface area contributed by atoms with Crippen molar-refractivity contribution in [1.29, 1.82) is 0 Å². The molecular weight excluding hydrogens is 332 g/mol. The molecule has 0 aliphatic carbocycles. The van der Waals surface area contributed by atoms with Gasteiger partial charge in [-0.1, -0.05) is 0 Å². The van der Waals surface area contributed by atoms with Crippen molar-refractivity contribution in [3.05, 3.63) is 48.3 Å². The highest BCUT2D eigenvalue weighted by Gasteiger charge is 2.24. The van der Waals surface area contributed by atoms with Crippen LogP contribution in [0.5, 0.6) is 5.75 Å². The summed E-state index contributed by atoms with van der Waals surface area (Å²) in [6.45, 7) is 3.75. The average molecular weight is 358 g/mol.